The number of hydrogen-bond acceptors (Lipinski definition) is 8. The normalized spacial score (nSPS) is 20.1. The molecule has 2 aromatic heterocycles. The molecule has 1 atom stereocenters. The number of piperidine rings is 1. The minimum Gasteiger partial charge on any atom is -0.394 e. The highest BCUT2D eigenvalue weighted by molar-refractivity contribution is 7.90. The van der Waals surface area contributed by atoms with E-state index in [1.54, 1.807) is 4.68 Å². The molecule has 0 aromatic carbocycles. The zero-order valence-corrected chi connectivity index (χ0v) is 16.1. The number of hydrogen-bond donors (Lipinski definition) is 2. The third-order valence-corrected chi connectivity index (χ3v) is 6.30. The first-order valence-corrected chi connectivity index (χ1v) is 11.0. The lowest BCUT2D eigenvalue weighted by atomic mass is 9.96. The summed E-state index contributed by atoms with van der Waals surface area (Å²) in [5, 5.41) is 16.8. The fourth-order valence-electron chi connectivity index (χ4n) is 3.83. The highest BCUT2D eigenvalue weighted by Gasteiger charge is 2.29. The predicted octanol–water partition coefficient (Wildman–Crippen LogP) is 0.0561. The van der Waals surface area contributed by atoms with Crippen molar-refractivity contribution in [3.63, 3.8) is 0 Å². The molecule has 2 aliphatic rings. The van der Waals surface area contributed by atoms with Gasteiger partial charge in [0.05, 0.1) is 43.5 Å². The molecule has 0 bridgehead atoms. The topological polar surface area (TPSA) is 113 Å². The van der Waals surface area contributed by atoms with E-state index in [1.165, 1.54) is 12.5 Å². The number of rotatable bonds is 5. The van der Waals surface area contributed by atoms with Gasteiger partial charge in [-0.25, -0.2) is 18.4 Å². The molecule has 10 heteroatoms. The molecule has 4 rings (SSSR count). The number of nitrogens with one attached hydrogen (secondary N) is 1. The van der Waals surface area contributed by atoms with Gasteiger partial charge < -0.3 is 15.3 Å². The number of aliphatic hydroxyl groups is 1. The molecule has 0 spiro atoms. The molecular weight excluding hydrogens is 368 g/mol. The molecule has 9 nitrogen and oxygen atoms in total. The number of anilines is 1. The molecule has 2 N–H and O–H groups in total. The summed E-state index contributed by atoms with van der Waals surface area (Å²) in [6.07, 6.45) is 6.38. The number of aromatic nitrogens is 4. The van der Waals surface area contributed by atoms with Crippen LogP contribution >= 0.6 is 0 Å². The van der Waals surface area contributed by atoms with E-state index in [0.29, 0.717) is 31.3 Å². The Morgan fingerprint density at radius 1 is 1.33 bits per heavy atom. The van der Waals surface area contributed by atoms with E-state index in [2.05, 4.69) is 15.4 Å². The Morgan fingerprint density at radius 3 is 2.89 bits per heavy atom. The standard InChI is InChI=1S/C17H24N6O3S/c1-27(25,26)15-9-19-17(21-16(15)12-3-2-4-18-7-12)22-10-13-8-20-23(5-6-24)14(13)11-22/h8-9,12,18,24H,2-7,10-11H2,1H3/t12-/m0/s1. The Labute approximate surface area is 158 Å². The lowest BCUT2D eigenvalue weighted by Crippen LogP contribution is -2.30. The molecule has 4 heterocycles. The molecule has 0 amide bonds. The van der Waals surface area contributed by atoms with E-state index in [4.69, 9.17) is 4.98 Å². The van der Waals surface area contributed by atoms with E-state index in [1.807, 2.05) is 11.1 Å². The van der Waals surface area contributed by atoms with Gasteiger partial charge in [0.25, 0.3) is 0 Å². The van der Waals surface area contributed by atoms with Crippen molar-refractivity contribution in [2.24, 2.45) is 0 Å². The zero-order chi connectivity index (χ0) is 19.0. The first-order valence-electron chi connectivity index (χ1n) is 9.14. The average molecular weight is 392 g/mol. The number of fused-ring (bicyclic) bond motifs is 1. The maximum atomic E-state index is 12.2. The van der Waals surface area contributed by atoms with Gasteiger partial charge >= 0.3 is 0 Å². The van der Waals surface area contributed by atoms with Crippen LogP contribution in [0.4, 0.5) is 5.95 Å². The van der Waals surface area contributed by atoms with Crippen LogP contribution in [0.2, 0.25) is 0 Å². The Balaban J connectivity index is 1.66. The van der Waals surface area contributed by atoms with E-state index >= 15 is 0 Å². The predicted molar refractivity (Wildman–Crippen MR) is 99.2 cm³/mol. The first-order chi connectivity index (χ1) is 13.0. The smallest absolute Gasteiger partial charge is 0.226 e. The monoisotopic (exact) mass is 392 g/mol. The summed E-state index contributed by atoms with van der Waals surface area (Å²) in [5.74, 6) is 0.606. The van der Waals surface area contributed by atoms with Gasteiger partial charge in [0.15, 0.2) is 9.84 Å². The van der Waals surface area contributed by atoms with Crippen LogP contribution in [0.25, 0.3) is 0 Å². The van der Waals surface area contributed by atoms with E-state index < -0.39 is 9.84 Å². The quantitative estimate of drug-likeness (QED) is 0.734. The number of aliphatic hydroxyl groups excluding tert-OH is 1. The molecule has 1 fully saturated rings. The van der Waals surface area contributed by atoms with Crippen molar-refractivity contribution in [3.8, 4) is 0 Å². The van der Waals surface area contributed by atoms with Crippen molar-refractivity contribution in [1.29, 1.82) is 0 Å². The molecular formula is C17H24N6O3S. The van der Waals surface area contributed by atoms with Crippen molar-refractivity contribution in [3.05, 3.63) is 29.3 Å². The van der Waals surface area contributed by atoms with Gasteiger partial charge in [-0.05, 0) is 19.4 Å². The van der Waals surface area contributed by atoms with Gasteiger partial charge in [0.2, 0.25) is 5.95 Å². The molecule has 0 aliphatic carbocycles. The molecule has 1 saturated heterocycles. The van der Waals surface area contributed by atoms with Crippen LogP contribution in [0.3, 0.4) is 0 Å². The SMILES string of the molecule is CS(=O)(=O)c1cnc(N2Cc3cnn(CCO)c3C2)nc1[C@H]1CCCNC1. The minimum atomic E-state index is -3.39. The van der Waals surface area contributed by atoms with Crippen LogP contribution in [-0.4, -0.2) is 59.2 Å². The third kappa shape index (κ3) is 3.56. The van der Waals surface area contributed by atoms with Gasteiger partial charge in [-0.3, -0.25) is 4.68 Å². The first kappa shape index (κ1) is 18.3. The summed E-state index contributed by atoms with van der Waals surface area (Å²) in [7, 11) is -3.39. The van der Waals surface area contributed by atoms with Gasteiger partial charge in [0, 0.05) is 30.8 Å². The molecule has 146 valence electrons. The van der Waals surface area contributed by atoms with Crippen molar-refractivity contribution >= 4 is 15.8 Å². The highest BCUT2D eigenvalue weighted by atomic mass is 32.2. The second-order valence-electron chi connectivity index (χ2n) is 7.15. The summed E-state index contributed by atoms with van der Waals surface area (Å²) < 4.78 is 26.3. The van der Waals surface area contributed by atoms with Crippen molar-refractivity contribution in [1.82, 2.24) is 25.1 Å². The molecule has 2 aliphatic heterocycles. The Morgan fingerprint density at radius 2 is 2.19 bits per heavy atom. The van der Waals surface area contributed by atoms with E-state index in [-0.39, 0.29) is 17.4 Å². The summed E-state index contributed by atoms with van der Waals surface area (Å²) in [6, 6.07) is 0. The fourth-order valence-corrected chi connectivity index (χ4v) is 4.66. The third-order valence-electron chi connectivity index (χ3n) is 5.18. The van der Waals surface area contributed by atoms with Crippen LogP contribution < -0.4 is 10.2 Å². The molecule has 0 saturated carbocycles. The van der Waals surface area contributed by atoms with Crippen molar-refractivity contribution in [2.75, 3.05) is 30.9 Å². The van der Waals surface area contributed by atoms with E-state index in [0.717, 1.165) is 37.2 Å². The highest BCUT2D eigenvalue weighted by Crippen LogP contribution is 2.31. The summed E-state index contributed by atoms with van der Waals surface area (Å²) >= 11 is 0. The van der Waals surface area contributed by atoms with Crippen molar-refractivity contribution < 1.29 is 13.5 Å². The summed E-state index contributed by atoms with van der Waals surface area (Å²) in [4.78, 5) is 11.3. The lowest BCUT2D eigenvalue weighted by molar-refractivity contribution is 0.267. The van der Waals surface area contributed by atoms with Crippen LogP contribution in [0.5, 0.6) is 0 Å². The maximum absolute atomic E-state index is 12.2. The van der Waals surface area contributed by atoms with Crippen LogP contribution in [0.15, 0.2) is 17.3 Å². The van der Waals surface area contributed by atoms with Crippen molar-refractivity contribution in [2.45, 2.75) is 43.3 Å². The second kappa shape index (κ2) is 7.17. The zero-order valence-electron chi connectivity index (χ0n) is 15.3. The van der Waals surface area contributed by atoms with Crippen LogP contribution in [0, 0.1) is 0 Å². The molecule has 2 aromatic rings. The molecule has 0 unspecified atom stereocenters. The Hall–Kier alpha value is -2.04. The van der Waals surface area contributed by atoms with E-state index in [9.17, 15) is 13.5 Å². The number of nitrogens with zero attached hydrogens (tertiary/aromatic N) is 5. The van der Waals surface area contributed by atoms with Gasteiger partial charge in [0.1, 0.15) is 4.90 Å². The Kier molecular flexibility index (Phi) is 4.87. The second-order valence-corrected chi connectivity index (χ2v) is 9.14. The number of sulfone groups is 1. The molecule has 27 heavy (non-hydrogen) atoms. The summed E-state index contributed by atoms with van der Waals surface area (Å²) in [6.45, 7) is 3.38. The Bertz CT molecular complexity index is 936. The summed E-state index contributed by atoms with van der Waals surface area (Å²) in [5.41, 5.74) is 2.74. The van der Waals surface area contributed by atoms with Gasteiger partial charge in [-0.2, -0.15) is 5.10 Å². The van der Waals surface area contributed by atoms with Crippen LogP contribution in [0.1, 0.15) is 35.7 Å². The fraction of sp³-hybridized carbons (Fsp3) is 0.588. The van der Waals surface area contributed by atoms with Gasteiger partial charge in [-0.15, -0.1) is 0 Å². The molecule has 0 radical (unpaired) electrons. The average Bonchev–Trinajstić information content (AvgIpc) is 3.23. The lowest BCUT2D eigenvalue weighted by Gasteiger charge is -2.25. The largest absolute Gasteiger partial charge is 0.394 e. The minimum absolute atomic E-state index is 0.0342. The van der Waals surface area contributed by atoms with Crippen LogP contribution in [-0.2, 0) is 29.5 Å². The van der Waals surface area contributed by atoms with Gasteiger partial charge in [-0.1, -0.05) is 0 Å². The maximum Gasteiger partial charge on any atom is 0.226 e.